The van der Waals surface area contributed by atoms with Crippen molar-refractivity contribution in [1.29, 1.82) is 0 Å². The minimum atomic E-state index is -1.34. The summed E-state index contributed by atoms with van der Waals surface area (Å²) < 4.78 is 12.5. The lowest BCUT2D eigenvalue weighted by molar-refractivity contribution is 0.103. The van der Waals surface area contributed by atoms with Crippen molar-refractivity contribution >= 4 is 17.0 Å². The van der Waals surface area contributed by atoms with Crippen molar-refractivity contribution in [2.75, 3.05) is 0 Å². The van der Waals surface area contributed by atoms with Gasteiger partial charge in [0.15, 0.2) is 15.6 Å². The number of carbonyl (C=O) groups excluding carboxylic acids is 1. The van der Waals surface area contributed by atoms with Crippen LogP contribution in [0, 0.1) is 0 Å². The number of phenolic OH excluding ortho intramolecular Hbond substituents is 1. The average molecular weight is 322 g/mol. The molecule has 3 aromatic rings. The van der Waals surface area contributed by atoms with Crippen molar-refractivity contribution in [1.82, 2.24) is 0 Å². The zero-order chi connectivity index (χ0) is 16.2. The molecule has 0 spiro atoms. The fourth-order valence-corrected chi connectivity index (χ4v) is 3.23. The summed E-state index contributed by atoms with van der Waals surface area (Å²) in [6.45, 7) is 0. The van der Waals surface area contributed by atoms with Crippen LogP contribution in [0.5, 0.6) is 5.75 Å². The molecule has 4 heteroatoms. The standard InChI is InChI=1S/C19H14O3S/c20-16-8-12-18(13-9-16)23(22)17-10-6-15(7-11-17)19(21)14-4-2-1-3-5-14/h1-13,20H. The molecule has 0 aliphatic carbocycles. The van der Waals surface area contributed by atoms with Gasteiger partial charge in [0.2, 0.25) is 0 Å². The van der Waals surface area contributed by atoms with Gasteiger partial charge in [0, 0.05) is 22.3 Å². The third kappa shape index (κ3) is 3.44. The van der Waals surface area contributed by atoms with E-state index < -0.39 is 11.2 Å². The number of ketones is 1. The molecule has 0 aliphatic rings. The van der Waals surface area contributed by atoms with Crippen molar-refractivity contribution in [3.05, 3.63) is 90.0 Å². The van der Waals surface area contributed by atoms with E-state index in [1.54, 1.807) is 48.5 Å². The molecule has 0 heterocycles. The van der Waals surface area contributed by atoms with E-state index in [-0.39, 0.29) is 11.5 Å². The van der Waals surface area contributed by atoms with Gasteiger partial charge < -0.3 is 9.66 Å². The highest BCUT2D eigenvalue weighted by atomic mass is 32.2. The molecule has 0 fully saturated rings. The van der Waals surface area contributed by atoms with E-state index in [4.69, 9.17) is 0 Å². The molecule has 3 aromatic carbocycles. The molecule has 1 atom stereocenters. The molecule has 3 nitrogen and oxygen atoms in total. The Hall–Kier alpha value is -2.56. The van der Waals surface area contributed by atoms with E-state index in [0.717, 1.165) is 0 Å². The van der Waals surface area contributed by atoms with Gasteiger partial charge in [0.05, 0.1) is 0 Å². The molecular formula is C19H14O3S. The summed E-state index contributed by atoms with van der Waals surface area (Å²) in [6.07, 6.45) is 0. The van der Waals surface area contributed by atoms with E-state index in [0.29, 0.717) is 20.9 Å². The zero-order valence-corrected chi connectivity index (χ0v) is 13.0. The number of hydrogen-bond donors (Lipinski definition) is 1. The molecule has 0 amide bonds. The molecule has 0 aliphatic heterocycles. The smallest absolute Gasteiger partial charge is 0.193 e. The van der Waals surface area contributed by atoms with Gasteiger partial charge in [-0.15, -0.1) is 0 Å². The summed E-state index contributed by atoms with van der Waals surface area (Å²) in [5, 5.41) is 9.28. The minimum Gasteiger partial charge on any atom is -0.606 e. The summed E-state index contributed by atoms with van der Waals surface area (Å²) in [5.41, 5.74) is 1.18. The van der Waals surface area contributed by atoms with Crippen LogP contribution in [0.1, 0.15) is 15.9 Å². The van der Waals surface area contributed by atoms with E-state index in [1.807, 2.05) is 18.2 Å². The monoisotopic (exact) mass is 322 g/mol. The molecule has 0 radical (unpaired) electrons. The topological polar surface area (TPSA) is 60.4 Å². The SMILES string of the molecule is O=C(c1ccccc1)c1ccc([S+]([O-])c2ccc(O)cc2)cc1. The van der Waals surface area contributed by atoms with Crippen LogP contribution in [-0.4, -0.2) is 15.4 Å². The third-order valence-corrected chi connectivity index (χ3v) is 4.82. The number of hydrogen-bond acceptors (Lipinski definition) is 3. The Bertz CT molecular complexity index is 796. The predicted molar refractivity (Wildman–Crippen MR) is 89.1 cm³/mol. The first-order valence-electron chi connectivity index (χ1n) is 7.06. The summed E-state index contributed by atoms with van der Waals surface area (Å²) in [6, 6.07) is 22.0. The number of carbonyl (C=O) groups is 1. The highest BCUT2D eigenvalue weighted by Crippen LogP contribution is 2.23. The average Bonchev–Trinajstić information content (AvgIpc) is 2.62. The zero-order valence-electron chi connectivity index (χ0n) is 12.2. The quantitative estimate of drug-likeness (QED) is 0.587. The van der Waals surface area contributed by atoms with E-state index in [1.165, 1.54) is 12.1 Å². The van der Waals surface area contributed by atoms with Gasteiger partial charge in [-0.05, 0) is 48.5 Å². The lowest BCUT2D eigenvalue weighted by Crippen LogP contribution is -2.04. The number of benzene rings is 3. The fraction of sp³-hybridized carbons (Fsp3) is 0. The van der Waals surface area contributed by atoms with Crippen molar-refractivity contribution < 1.29 is 14.5 Å². The molecular weight excluding hydrogens is 308 g/mol. The van der Waals surface area contributed by atoms with E-state index >= 15 is 0 Å². The van der Waals surface area contributed by atoms with E-state index in [9.17, 15) is 14.5 Å². The molecule has 3 rings (SSSR count). The Labute approximate surface area is 137 Å². The minimum absolute atomic E-state index is 0.0624. The van der Waals surface area contributed by atoms with Gasteiger partial charge in [-0.2, -0.15) is 0 Å². The lowest BCUT2D eigenvalue weighted by Gasteiger charge is -2.10. The second-order valence-corrected chi connectivity index (χ2v) is 6.46. The molecule has 0 aromatic heterocycles. The largest absolute Gasteiger partial charge is 0.606 e. The van der Waals surface area contributed by atoms with Crippen LogP contribution in [0.4, 0.5) is 0 Å². The van der Waals surface area contributed by atoms with Crippen LogP contribution in [0.3, 0.4) is 0 Å². The predicted octanol–water partition coefficient (Wildman–Crippen LogP) is 3.79. The Morgan fingerprint density at radius 2 is 1.22 bits per heavy atom. The number of rotatable bonds is 4. The van der Waals surface area contributed by atoms with Crippen molar-refractivity contribution in [2.45, 2.75) is 9.79 Å². The second-order valence-electron chi connectivity index (χ2n) is 4.98. The van der Waals surface area contributed by atoms with Gasteiger partial charge in [-0.1, -0.05) is 30.3 Å². The lowest BCUT2D eigenvalue weighted by atomic mass is 10.0. The first-order valence-corrected chi connectivity index (χ1v) is 8.21. The molecule has 23 heavy (non-hydrogen) atoms. The maximum atomic E-state index is 12.5. The molecule has 1 N–H and O–H groups in total. The van der Waals surface area contributed by atoms with Crippen LogP contribution in [0.25, 0.3) is 0 Å². The number of phenols is 1. The normalized spacial score (nSPS) is 11.9. The van der Waals surface area contributed by atoms with Crippen LogP contribution in [-0.2, 0) is 11.2 Å². The summed E-state index contributed by atoms with van der Waals surface area (Å²) in [4.78, 5) is 13.5. The van der Waals surface area contributed by atoms with Crippen LogP contribution in [0.15, 0.2) is 88.7 Å². The first kappa shape index (κ1) is 15.3. The third-order valence-electron chi connectivity index (χ3n) is 3.42. The van der Waals surface area contributed by atoms with Crippen LogP contribution >= 0.6 is 0 Å². The highest BCUT2D eigenvalue weighted by molar-refractivity contribution is 7.91. The number of aromatic hydroxyl groups is 1. The van der Waals surface area contributed by atoms with Crippen LogP contribution in [0.2, 0.25) is 0 Å². The first-order chi connectivity index (χ1) is 11.1. The van der Waals surface area contributed by atoms with Crippen molar-refractivity contribution in [2.24, 2.45) is 0 Å². The Kier molecular flexibility index (Phi) is 4.46. The Balaban J connectivity index is 1.82. The molecule has 1 unspecified atom stereocenters. The maximum absolute atomic E-state index is 12.5. The van der Waals surface area contributed by atoms with Gasteiger partial charge in [0.1, 0.15) is 5.75 Å². The summed E-state index contributed by atoms with van der Waals surface area (Å²) >= 11 is -1.34. The van der Waals surface area contributed by atoms with Gasteiger partial charge in [0.25, 0.3) is 0 Å². The fourth-order valence-electron chi connectivity index (χ4n) is 2.19. The van der Waals surface area contributed by atoms with Gasteiger partial charge in [-0.25, -0.2) is 0 Å². The molecule has 114 valence electrons. The second kappa shape index (κ2) is 6.69. The van der Waals surface area contributed by atoms with Gasteiger partial charge in [-0.3, -0.25) is 4.79 Å². The highest BCUT2D eigenvalue weighted by Gasteiger charge is 2.16. The summed E-state index contributed by atoms with van der Waals surface area (Å²) in [5.74, 6) is 0.0714. The van der Waals surface area contributed by atoms with Gasteiger partial charge >= 0.3 is 0 Å². The Morgan fingerprint density at radius 1 is 0.739 bits per heavy atom. The van der Waals surface area contributed by atoms with Crippen molar-refractivity contribution in [3.8, 4) is 5.75 Å². The molecule has 0 saturated carbocycles. The van der Waals surface area contributed by atoms with Crippen LogP contribution < -0.4 is 0 Å². The Morgan fingerprint density at radius 3 is 1.78 bits per heavy atom. The van der Waals surface area contributed by atoms with Crippen molar-refractivity contribution in [3.63, 3.8) is 0 Å². The summed E-state index contributed by atoms with van der Waals surface area (Å²) in [7, 11) is 0. The van der Waals surface area contributed by atoms with E-state index in [2.05, 4.69) is 0 Å². The molecule has 0 saturated heterocycles. The molecule has 0 bridgehead atoms. The maximum Gasteiger partial charge on any atom is 0.193 e.